The highest BCUT2D eigenvalue weighted by Gasteiger charge is 2.11. The number of para-hydroxylation sites is 1. The van der Waals surface area contributed by atoms with Crippen LogP contribution in [-0.2, 0) is 13.0 Å². The normalized spacial score (nSPS) is 10.9. The summed E-state index contributed by atoms with van der Waals surface area (Å²) in [5.74, 6) is 0. The number of H-pyrrole nitrogens is 1. The van der Waals surface area contributed by atoms with E-state index in [1.807, 2.05) is 25.4 Å². The summed E-state index contributed by atoms with van der Waals surface area (Å²) in [5, 5.41) is 6.28. The average Bonchev–Trinajstić information content (AvgIpc) is 3.14. The Labute approximate surface area is 140 Å². The van der Waals surface area contributed by atoms with Gasteiger partial charge in [0.2, 0.25) is 0 Å². The van der Waals surface area contributed by atoms with E-state index in [1.54, 1.807) is 16.2 Å². The van der Waals surface area contributed by atoms with E-state index in [2.05, 4.69) is 40.8 Å². The van der Waals surface area contributed by atoms with Crippen LogP contribution in [-0.4, -0.2) is 29.5 Å². The summed E-state index contributed by atoms with van der Waals surface area (Å²) in [7, 11) is 1.83. The molecule has 0 aliphatic rings. The highest BCUT2D eigenvalue weighted by Crippen LogP contribution is 2.18. The number of carbonyl (C=O) groups is 1. The first-order valence-electron chi connectivity index (χ1n) is 7.72. The molecule has 0 aliphatic heterocycles. The van der Waals surface area contributed by atoms with Crippen LogP contribution in [0, 0.1) is 6.92 Å². The van der Waals surface area contributed by atoms with Crippen LogP contribution in [0.2, 0.25) is 0 Å². The van der Waals surface area contributed by atoms with E-state index in [1.165, 1.54) is 21.4 Å². The highest BCUT2D eigenvalue weighted by molar-refractivity contribution is 7.10. The summed E-state index contributed by atoms with van der Waals surface area (Å²) in [6.45, 7) is 3.37. The Morgan fingerprint density at radius 3 is 2.91 bits per heavy atom. The van der Waals surface area contributed by atoms with E-state index in [-0.39, 0.29) is 6.03 Å². The lowest BCUT2D eigenvalue weighted by atomic mass is 10.1. The third kappa shape index (κ3) is 3.56. The predicted molar refractivity (Wildman–Crippen MR) is 95.9 cm³/mol. The van der Waals surface area contributed by atoms with Crippen LogP contribution in [0.5, 0.6) is 0 Å². The topological polar surface area (TPSA) is 48.1 Å². The van der Waals surface area contributed by atoms with Gasteiger partial charge in [0.25, 0.3) is 0 Å². The van der Waals surface area contributed by atoms with Crippen molar-refractivity contribution < 1.29 is 4.79 Å². The van der Waals surface area contributed by atoms with Gasteiger partial charge in [-0.3, -0.25) is 0 Å². The molecular formula is C18H21N3OS. The van der Waals surface area contributed by atoms with Crippen LogP contribution < -0.4 is 5.32 Å². The minimum absolute atomic E-state index is 0.0300. The highest BCUT2D eigenvalue weighted by atomic mass is 32.1. The lowest BCUT2D eigenvalue weighted by Gasteiger charge is -2.17. The van der Waals surface area contributed by atoms with Crippen LogP contribution in [0.25, 0.3) is 10.9 Å². The summed E-state index contributed by atoms with van der Waals surface area (Å²) < 4.78 is 0. The number of rotatable bonds is 5. The van der Waals surface area contributed by atoms with Crippen LogP contribution in [0.3, 0.4) is 0 Å². The Morgan fingerprint density at radius 1 is 1.30 bits per heavy atom. The summed E-state index contributed by atoms with van der Waals surface area (Å²) in [6, 6.07) is 10.3. The molecule has 4 nitrogen and oxygen atoms in total. The van der Waals surface area contributed by atoms with Crippen molar-refractivity contribution in [1.29, 1.82) is 0 Å². The molecule has 0 saturated carbocycles. The first-order chi connectivity index (χ1) is 11.1. The second-order valence-electron chi connectivity index (χ2n) is 5.72. The fraction of sp³-hybridized carbons (Fsp3) is 0.278. The second kappa shape index (κ2) is 6.87. The molecule has 23 heavy (non-hydrogen) atoms. The van der Waals surface area contributed by atoms with Gasteiger partial charge in [-0.15, -0.1) is 11.3 Å². The molecule has 0 fully saturated rings. The molecule has 3 aromatic rings. The smallest absolute Gasteiger partial charge is 0.317 e. The van der Waals surface area contributed by atoms with E-state index in [0.29, 0.717) is 13.1 Å². The maximum absolute atomic E-state index is 12.2. The number of aromatic amines is 1. The molecule has 0 spiro atoms. The number of fused-ring (bicyclic) bond motifs is 1. The molecule has 0 radical (unpaired) electrons. The summed E-state index contributed by atoms with van der Waals surface area (Å²) in [5.41, 5.74) is 3.62. The Hall–Kier alpha value is -2.27. The van der Waals surface area contributed by atoms with E-state index < -0.39 is 0 Å². The van der Waals surface area contributed by atoms with Crippen LogP contribution in [0.1, 0.15) is 16.0 Å². The van der Waals surface area contributed by atoms with Crippen molar-refractivity contribution in [3.63, 3.8) is 0 Å². The average molecular weight is 327 g/mol. The fourth-order valence-corrected chi connectivity index (χ4v) is 3.59. The molecule has 0 aliphatic carbocycles. The number of urea groups is 1. The largest absolute Gasteiger partial charge is 0.361 e. The zero-order valence-electron chi connectivity index (χ0n) is 13.4. The first-order valence-corrected chi connectivity index (χ1v) is 8.60. The zero-order valence-corrected chi connectivity index (χ0v) is 14.2. The third-order valence-electron chi connectivity index (χ3n) is 4.04. The third-order valence-corrected chi connectivity index (χ3v) is 5.05. The Kier molecular flexibility index (Phi) is 4.67. The van der Waals surface area contributed by atoms with Crippen LogP contribution >= 0.6 is 11.3 Å². The molecular weight excluding hydrogens is 306 g/mol. The molecule has 5 heteroatoms. The molecule has 120 valence electrons. The number of aryl methyl sites for hydroxylation is 1. The standard InChI is InChI=1S/C18H21N3OS/c1-13-8-10-23-17(13)12-21(2)18(22)19-9-7-14-11-20-16-6-4-3-5-15(14)16/h3-6,8,10-11,20H,7,9,12H2,1-2H3,(H,19,22). The predicted octanol–water partition coefficient (Wildman–Crippen LogP) is 3.92. The molecule has 2 amide bonds. The van der Waals surface area contributed by atoms with E-state index in [4.69, 9.17) is 0 Å². The first kappa shape index (κ1) is 15.6. The fourth-order valence-electron chi connectivity index (χ4n) is 2.63. The van der Waals surface area contributed by atoms with Crippen molar-refractivity contribution in [3.05, 3.63) is 57.9 Å². The van der Waals surface area contributed by atoms with Crippen molar-refractivity contribution in [2.45, 2.75) is 19.9 Å². The van der Waals surface area contributed by atoms with Gasteiger partial charge in [0, 0.05) is 35.6 Å². The minimum atomic E-state index is -0.0300. The number of hydrogen-bond acceptors (Lipinski definition) is 2. The number of amides is 2. The van der Waals surface area contributed by atoms with Crippen LogP contribution in [0.15, 0.2) is 41.9 Å². The molecule has 1 aromatic carbocycles. The van der Waals surface area contributed by atoms with Gasteiger partial charge < -0.3 is 15.2 Å². The Bertz CT molecular complexity index is 805. The van der Waals surface area contributed by atoms with Gasteiger partial charge in [0.1, 0.15) is 0 Å². The molecule has 0 unspecified atom stereocenters. The lowest BCUT2D eigenvalue weighted by Crippen LogP contribution is -2.37. The van der Waals surface area contributed by atoms with Gasteiger partial charge in [0.05, 0.1) is 6.54 Å². The van der Waals surface area contributed by atoms with E-state index >= 15 is 0 Å². The molecule has 0 saturated heterocycles. The SMILES string of the molecule is Cc1ccsc1CN(C)C(=O)NCCc1c[nH]c2ccccc12. The van der Waals surface area contributed by atoms with Gasteiger partial charge in [-0.05, 0) is 42.0 Å². The number of benzene rings is 1. The van der Waals surface area contributed by atoms with Crippen LogP contribution in [0.4, 0.5) is 4.79 Å². The van der Waals surface area contributed by atoms with Gasteiger partial charge in [-0.1, -0.05) is 18.2 Å². The molecule has 2 heterocycles. The van der Waals surface area contributed by atoms with Crippen molar-refractivity contribution in [3.8, 4) is 0 Å². The number of carbonyl (C=O) groups excluding carboxylic acids is 1. The van der Waals surface area contributed by atoms with Gasteiger partial charge >= 0.3 is 6.03 Å². The van der Waals surface area contributed by atoms with Gasteiger partial charge in [-0.2, -0.15) is 0 Å². The lowest BCUT2D eigenvalue weighted by molar-refractivity contribution is 0.207. The number of nitrogens with zero attached hydrogens (tertiary/aromatic N) is 1. The number of aromatic nitrogens is 1. The maximum atomic E-state index is 12.2. The molecule has 3 rings (SSSR count). The van der Waals surface area contributed by atoms with E-state index in [0.717, 1.165) is 11.9 Å². The number of nitrogens with one attached hydrogen (secondary N) is 2. The van der Waals surface area contributed by atoms with Gasteiger partial charge in [0.15, 0.2) is 0 Å². The summed E-state index contributed by atoms with van der Waals surface area (Å²) >= 11 is 1.69. The molecule has 0 bridgehead atoms. The minimum Gasteiger partial charge on any atom is -0.361 e. The second-order valence-corrected chi connectivity index (χ2v) is 6.72. The zero-order chi connectivity index (χ0) is 16.2. The monoisotopic (exact) mass is 327 g/mol. The molecule has 2 N–H and O–H groups in total. The summed E-state index contributed by atoms with van der Waals surface area (Å²) in [4.78, 5) is 18.4. The number of thiophene rings is 1. The quantitative estimate of drug-likeness (QED) is 0.733. The Morgan fingerprint density at radius 2 is 2.13 bits per heavy atom. The van der Waals surface area contributed by atoms with Crippen molar-refractivity contribution in [1.82, 2.24) is 15.2 Å². The molecule has 0 atom stereocenters. The number of hydrogen-bond donors (Lipinski definition) is 2. The van der Waals surface area contributed by atoms with E-state index in [9.17, 15) is 4.79 Å². The summed E-state index contributed by atoms with van der Waals surface area (Å²) in [6.07, 6.45) is 2.84. The van der Waals surface area contributed by atoms with Crippen molar-refractivity contribution >= 4 is 28.3 Å². The maximum Gasteiger partial charge on any atom is 0.317 e. The van der Waals surface area contributed by atoms with Gasteiger partial charge in [-0.25, -0.2) is 4.79 Å². The Balaban J connectivity index is 1.52. The van der Waals surface area contributed by atoms with Crippen molar-refractivity contribution in [2.24, 2.45) is 0 Å². The molecule has 2 aromatic heterocycles. The van der Waals surface area contributed by atoms with Crippen molar-refractivity contribution in [2.75, 3.05) is 13.6 Å².